The number of hydrogen-bond donors (Lipinski definition) is 9. The summed E-state index contributed by atoms with van der Waals surface area (Å²) in [6.45, 7) is 16.3. The molecule has 0 radical (unpaired) electrons. The van der Waals surface area contributed by atoms with Crippen molar-refractivity contribution in [2.24, 2.45) is 56.7 Å². The fraction of sp³-hybridized carbons (Fsp3) is 1.00. The lowest BCUT2D eigenvalue weighted by molar-refractivity contribution is -0.375. The van der Waals surface area contributed by atoms with Crippen molar-refractivity contribution in [2.75, 3.05) is 6.61 Å². The highest BCUT2D eigenvalue weighted by atomic mass is 16.8. The van der Waals surface area contributed by atoms with E-state index in [1.807, 2.05) is 13.8 Å². The quantitative estimate of drug-likeness (QED) is 0.145. The first kappa shape index (κ1) is 42.6. The van der Waals surface area contributed by atoms with Crippen LogP contribution in [0.2, 0.25) is 0 Å². The van der Waals surface area contributed by atoms with Crippen molar-refractivity contribution in [1.29, 1.82) is 0 Å². The van der Waals surface area contributed by atoms with E-state index in [2.05, 4.69) is 34.6 Å². The zero-order chi connectivity index (χ0) is 40.4. The molecule has 0 aromatic heterocycles. The van der Waals surface area contributed by atoms with E-state index in [9.17, 15) is 46.0 Å². The lowest BCUT2D eigenvalue weighted by atomic mass is 9.41. The van der Waals surface area contributed by atoms with E-state index < -0.39 is 85.6 Å². The van der Waals surface area contributed by atoms with Gasteiger partial charge in [0.15, 0.2) is 12.6 Å². The molecule has 7 aliphatic rings. The number of hydrogen-bond acceptors (Lipinski definition) is 13. The zero-order valence-electron chi connectivity index (χ0n) is 34.2. The first-order valence-electron chi connectivity index (χ1n) is 21.3. The lowest BCUT2D eigenvalue weighted by Gasteiger charge is -2.64. The highest BCUT2D eigenvalue weighted by Crippen LogP contribution is 2.89. The van der Waals surface area contributed by atoms with Gasteiger partial charge in [0.25, 0.3) is 0 Å². The molecule has 55 heavy (non-hydrogen) atoms. The van der Waals surface area contributed by atoms with Gasteiger partial charge in [-0.05, 0) is 116 Å². The Morgan fingerprint density at radius 3 is 2.05 bits per heavy atom. The van der Waals surface area contributed by atoms with Crippen molar-refractivity contribution in [3.05, 3.63) is 0 Å². The summed E-state index contributed by atoms with van der Waals surface area (Å²) in [5.74, 6) is 0.886. The maximum atomic E-state index is 12.5. The van der Waals surface area contributed by atoms with Crippen LogP contribution in [-0.2, 0) is 18.9 Å². The minimum absolute atomic E-state index is 0.0378. The second kappa shape index (κ2) is 14.6. The third kappa shape index (κ3) is 6.18. The van der Waals surface area contributed by atoms with Crippen LogP contribution in [0.25, 0.3) is 0 Å². The number of rotatable bonds is 10. The van der Waals surface area contributed by atoms with Crippen LogP contribution >= 0.6 is 0 Å². The molecule has 0 aromatic carbocycles. The van der Waals surface area contributed by atoms with Crippen molar-refractivity contribution in [2.45, 2.75) is 199 Å². The second-order valence-electron chi connectivity index (χ2n) is 20.7. The summed E-state index contributed by atoms with van der Waals surface area (Å²) in [7, 11) is 0. The Morgan fingerprint density at radius 1 is 0.727 bits per heavy atom. The highest BCUT2D eigenvalue weighted by molar-refractivity contribution is 5.33. The average molecular weight is 785 g/mol. The van der Waals surface area contributed by atoms with Gasteiger partial charge >= 0.3 is 0 Å². The fourth-order valence-electron chi connectivity index (χ4n) is 14.4. The van der Waals surface area contributed by atoms with Crippen molar-refractivity contribution < 1.29 is 64.9 Å². The normalized spacial score (nSPS) is 55.5. The lowest BCUT2D eigenvalue weighted by Crippen LogP contribution is -2.65. The van der Waals surface area contributed by atoms with Crippen molar-refractivity contribution >= 4 is 0 Å². The first-order valence-corrected chi connectivity index (χ1v) is 21.3. The van der Waals surface area contributed by atoms with E-state index in [0.717, 1.165) is 38.5 Å². The molecule has 5 aliphatic carbocycles. The predicted octanol–water partition coefficient (Wildman–Crippen LogP) is 1.84. The molecule has 2 aliphatic heterocycles. The van der Waals surface area contributed by atoms with Crippen LogP contribution in [-0.4, -0.2) is 138 Å². The van der Waals surface area contributed by atoms with Crippen LogP contribution in [0.4, 0.5) is 0 Å². The van der Waals surface area contributed by atoms with E-state index in [1.54, 1.807) is 0 Å². The largest absolute Gasteiger partial charge is 0.394 e. The van der Waals surface area contributed by atoms with Crippen molar-refractivity contribution in [1.82, 2.24) is 0 Å². The van der Waals surface area contributed by atoms with Crippen molar-refractivity contribution in [3.63, 3.8) is 0 Å². The molecule has 13 nitrogen and oxygen atoms in total. The Morgan fingerprint density at radius 2 is 1.40 bits per heavy atom. The van der Waals surface area contributed by atoms with E-state index >= 15 is 0 Å². The maximum Gasteiger partial charge on any atom is 0.187 e. The molecule has 7 rings (SSSR count). The maximum absolute atomic E-state index is 12.5. The summed E-state index contributed by atoms with van der Waals surface area (Å²) < 4.78 is 24.5. The van der Waals surface area contributed by atoms with Crippen LogP contribution in [0.5, 0.6) is 0 Å². The average Bonchev–Trinajstić information content (AvgIpc) is 3.76. The van der Waals surface area contributed by atoms with Gasteiger partial charge in [-0.1, -0.05) is 48.5 Å². The summed E-state index contributed by atoms with van der Waals surface area (Å²) in [5.41, 5.74) is -1.18. The molecule has 0 aromatic rings. The van der Waals surface area contributed by atoms with Gasteiger partial charge < -0.3 is 64.9 Å². The Balaban J connectivity index is 1.11. The SMILES string of the molecule is CC(C)C(O)CCC(C)C1C(O)CC2(C)C3CCC4C(C)(C)C(OC5OC(CO)C(O)C(O)C5OC5OC(C)C(O)C(O)C5O)CCC45CC35C(O)CC12C. The minimum atomic E-state index is -1.65. The van der Waals surface area contributed by atoms with Gasteiger partial charge in [-0.2, -0.15) is 0 Å². The molecule has 2 saturated heterocycles. The molecule has 7 fully saturated rings. The van der Waals surface area contributed by atoms with Gasteiger partial charge in [0.05, 0.1) is 37.1 Å². The number of aliphatic hydroxyl groups excluding tert-OH is 9. The van der Waals surface area contributed by atoms with E-state index in [1.165, 1.54) is 6.92 Å². The van der Waals surface area contributed by atoms with Crippen LogP contribution in [0.15, 0.2) is 0 Å². The topological polar surface area (TPSA) is 219 Å². The van der Waals surface area contributed by atoms with Gasteiger partial charge in [0.2, 0.25) is 0 Å². The molecule has 22 unspecified atom stereocenters. The zero-order valence-corrected chi connectivity index (χ0v) is 34.2. The van der Waals surface area contributed by atoms with E-state index in [0.29, 0.717) is 19.3 Å². The molecule has 13 heteroatoms. The molecule has 2 spiro atoms. The van der Waals surface area contributed by atoms with Gasteiger partial charge in [0.1, 0.15) is 42.7 Å². The summed E-state index contributed by atoms with van der Waals surface area (Å²) in [4.78, 5) is 0. The fourth-order valence-corrected chi connectivity index (χ4v) is 14.4. The predicted molar refractivity (Wildman–Crippen MR) is 199 cm³/mol. The third-order valence-electron chi connectivity index (χ3n) is 17.6. The highest BCUT2D eigenvalue weighted by Gasteiger charge is 2.85. The smallest absolute Gasteiger partial charge is 0.187 e. The molecule has 2 heterocycles. The standard InChI is InChI=1S/C42H72O13/c1-19(2)22(44)10-9-20(3)29-23(45)15-39(7)26-12-11-25-38(5,6)28(13-14-41(25)18-42(26,41)27(46)16-40(29,39)8)54-37-35(33(50)31(48)24(17-43)53-37)55-36-34(51)32(49)30(47)21(4)52-36/h19-37,43-51H,9-18H2,1-8H3. The van der Waals surface area contributed by atoms with Crippen LogP contribution < -0.4 is 0 Å². The van der Waals surface area contributed by atoms with Crippen LogP contribution in [0.1, 0.15) is 113 Å². The summed E-state index contributed by atoms with van der Waals surface area (Å²) in [6.07, 6.45) is -8.43. The molecule has 5 saturated carbocycles. The molecule has 0 amide bonds. The summed E-state index contributed by atoms with van der Waals surface area (Å²) >= 11 is 0. The molecule has 0 bridgehead atoms. The van der Waals surface area contributed by atoms with E-state index in [4.69, 9.17) is 18.9 Å². The third-order valence-corrected chi connectivity index (χ3v) is 17.6. The monoisotopic (exact) mass is 784 g/mol. The molecular formula is C42H72O13. The molecule has 9 N–H and O–H groups in total. The minimum Gasteiger partial charge on any atom is -0.394 e. The Kier molecular flexibility index (Phi) is 11.3. The number of fused-ring (bicyclic) bond motifs is 2. The number of ether oxygens (including phenoxy) is 4. The van der Waals surface area contributed by atoms with Gasteiger partial charge in [-0.15, -0.1) is 0 Å². The Labute approximate surface area is 326 Å². The van der Waals surface area contributed by atoms with E-state index in [-0.39, 0.29) is 63.5 Å². The van der Waals surface area contributed by atoms with Gasteiger partial charge in [0, 0.05) is 5.41 Å². The van der Waals surface area contributed by atoms with Gasteiger partial charge in [-0.25, -0.2) is 0 Å². The summed E-state index contributed by atoms with van der Waals surface area (Å²) in [6, 6.07) is 0. The Bertz CT molecular complexity index is 1380. The summed E-state index contributed by atoms with van der Waals surface area (Å²) in [5, 5.41) is 98.4. The second-order valence-corrected chi connectivity index (χ2v) is 20.7. The number of aliphatic hydroxyl groups is 9. The Hall–Kier alpha value is -0.520. The molecule has 318 valence electrons. The van der Waals surface area contributed by atoms with Gasteiger partial charge in [-0.3, -0.25) is 0 Å². The van der Waals surface area contributed by atoms with Crippen LogP contribution in [0.3, 0.4) is 0 Å². The van der Waals surface area contributed by atoms with Crippen LogP contribution in [0, 0.1) is 56.7 Å². The molecule has 22 atom stereocenters. The van der Waals surface area contributed by atoms with Crippen molar-refractivity contribution in [3.8, 4) is 0 Å². The molecular weight excluding hydrogens is 712 g/mol. The first-order chi connectivity index (χ1) is 25.6.